The van der Waals surface area contributed by atoms with Crippen molar-refractivity contribution in [1.82, 2.24) is 14.8 Å². The Balaban J connectivity index is 1.59. The summed E-state index contributed by atoms with van der Waals surface area (Å²) >= 11 is 0. The van der Waals surface area contributed by atoms with Crippen LogP contribution in [0.5, 0.6) is 17.2 Å². The van der Waals surface area contributed by atoms with Gasteiger partial charge in [0.15, 0.2) is 5.82 Å². The highest BCUT2D eigenvalue weighted by molar-refractivity contribution is 6.06. The zero-order valence-electron chi connectivity index (χ0n) is 21.7. The Morgan fingerprint density at radius 1 is 1.00 bits per heavy atom. The maximum absolute atomic E-state index is 13.8. The maximum Gasteiger partial charge on any atom is 0.255 e. The van der Waals surface area contributed by atoms with Crippen LogP contribution >= 0.6 is 0 Å². The van der Waals surface area contributed by atoms with E-state index in [4.69, 9.17) is 24.3 Å². The molecule has 0 bridgehead atoms. The molecule has 0 fully saturated rings. The number of rotatable bonds is 8. The number of amides is 1. The molecule has 2 N–H and O–H groups in total. The van der Waals surface area contributed by atoms with E-state index < -0.39 is 6.04 Å². The maximum atomic E-state index is 13.8. The van der Waals surface area contributed by atoms with Gasteiger partial charge in [0.25, 0.3) is 5.91 Å². The number of ether oxygens (including phenoxy) is 3. The quantitative estimate of drug-likeness (QED) is 0.332. The first-order valence-electron chi connectivity index (χ1n) is 12.3. The van der Waals surface area contributed by atoms with Crippen LogP contribution in [-0.2, 0) is 4.79 Å². The van der Waals surface area contributed by atoms with Crippen molar-refractivity contribution in [3.8, 4) is 28.6 Å². The lowest BCUT2D eigenvalue weighted by atomic mass is 9.95. The second-order valence-corrected chi connectivity index (χ2v) is 8.66. The van der Waals surface area contributed by atoms with E-state index in [9.17, 15) is 4.79 Å². The predicted octanol–water partition coefficient (Wildman–Crippen LogP) is 5.29. The monoisotopic (exact) mass is 511 g/mol. The molecule has 1 amide bonds. The van der Waals surface area contributed by atoms with E-state index in [1.165, 1.54) is 0 Å². The summed E-state index contributed by atoms with van der Waals surface area (Å²) in [5.41, 5.74) is 3.43. The first kappa shape index (κ1) is 24.9. The highest BCUT2D eigenvalue weighted by Crippen LogP contribution is 2.38. The number of methoxy groups -OCH3 is 2. The summed E-state index contributed by atoms with van der Waals surface area (Å²) in [4.78, 5) is 18.6. The molecular formula is C29H29N5O4. The van der Waals surface area contributed by atoms with Gasteiger partial charge >= 0.3 is 0 Å². The number of anilines is 2. The van der Waals surface area contributed by atoms with Gasteiger partial charge < -0.3 is 24.8 Å². The fourth-order valence-electron chi connectivity index (χ4n) is 4.49. The highest BCUT2D eigenvalue weighted by Gasteiger charge is 2.35. The molecule has 4 aromatic rings. The molecule has 0 spiro atoms. The van der Waals surface area contributed by atoms with Crippen LogP contribution in [0, 0.1) is 0 Å². The van der Waals surface area contributed by atoms with Gasteiger partial charge in [-0.3, -0.25) is 4.79 Å². The van der Waals surface area contributed by atoms with Crippen molar-refractivity contribution in [3.05, 3.63) is 89.6 Å². The van der Waals surface area contributed by atoms with Crippen molar-refractivity contribution in [3.63, 3.8) is 0 Å². The van der Waals surface area contributed by atoms with Crippen molar-refractivity contribution in [2.24, 2.45) is 0 Å². The molecule has 194 valence electrons. The Hall–Kier alpha value is -4.79. The van der Waals surface area contributed by atoms with E-state index in [-0.39, 0.29) is 5.91 Å². The van der Waals surface area contributed by atoms with E-state index in [1.807, 2.05) is 74.5 Å². The van der Waals surface area contributed by atoms with Crippen LogP contribution in [-0.4, -0.2) is 41.5 Å². The Kier molecular flexibility index (Phi) is 6.99. The number of para-hydroxylation sites is 2. The van der Waals surface area contributed by atoms with Crippen LogP contribution < -0.4 is 24.8 Å². The highest BCUT2D eigenvalue weighted by atomic mass is 16.5. The first-order chi connectivity index (χ1) is 18.5. The minimum atomic E-state index is -0.538. The smallest absolute Gasteiger partial charge is 0.255 e. The topological polar surface area (TPSA) is 99.5 Å². The van der Waals surface area contributed by atoms with Gasteiger partial charge in [-0.15, -0.1) is 5.10 Å². The van der Waals surface area contributed by atoms with Crippen LogP contribution in [0.3, 0.4) is 0 Å². The average molecular weight is 512 g/mol. The Morgan fingerprint density at radius 2 is 1.79 bits per heavy atom. The summed E-state index contributed by atoms with van der Waals surface area (Å²) in [5.74, 6) is 2.80. The Labute approximate surface area is 221 Å². The molecule has 0 saturated heterocycles. The van der Waals surface area contributed by atoms with Gasteiger partial charge in [-0.2, -0.15) is 4.98 Å². The second-order valence-electron chi connectivity index (χ2n) is 8.66. The number of fused-ring (bicyclic) bond motifs is 1. The zero-order valence-corrected chi connectivity index (χ0v) is 21.7. The van der Waals surface area contributed by atoms with Crippen molar-refractivity contribution >= 4 is 17.5 Å². The van der Waals surface area contributed by atoms with Crippen LogP contribution in [0.4, 0.5) is 11.6 Å². The number of aromatic nitrogens is 3. The normalized spacial score (nSPS) is 14.4. The van der Waals surface area contributed by atoms with Gasteiger partial charge in [0, 0.05) is 11.3 Å². The fraction of sp³-hybridized carbons (Fsp3) is 0.207. The summed E-state index contributed by atoms with van der Waals surface area (Å²) in [6.45, 7) is 4.37. The van der Waals surface area contributed by atoms with Gasteiger partial charge in [0.2, 0.25) is 5.95 Å². The third-order valence-corrected chi connectivity index (χ3v) is 6.29. The van der Waals surface area contributed by atoms with Gasteiger partial charge in [0.05, 0.1) is 32.1 Å². The molecule has 1 aliphatic rings. The van der Waals surface area contributed by atoms with Crippen LogP contribution in [0.15, 0.2) is 84.1 Å². The van der Waals surface area contributed by atoms with Crippen molar-refractivity contribution in [2.75, 3.05) is 31.5 Å². The van der Waals surface area contributed by atoms with Crippen molar-refractivity contribution < 1.29 is 19.0 Å². The van der Waals surface area contributed by atoms with Gasteiger partial charge in [-0.1, -0.05) is 36.4 Å². The molecule has 9 heteroatoms. The molecule has 2 heterocycles. The lowest BCUT2D eigenvalue weighted by molar-refractivity contribution is -0.113. The SMILES string of the molecule is CCOc1ccc(C2C(C(=O)Nc3ccccc3OC)=C(C)Nc3nc(-c4cccc(OC)c4)nn32)cc1. The number of nitrogens with one attached hydrogen (secondary N) is 2. The molecule has 1 unspecified atom stereocenters. The number of hydrogen-bond donors (Lipinski definition) is 2. The number of allylic oxidation sites excluding steroid dienone is 1. The molecule has 0 saturated carbocycles. The summed E-state index contributed by atoms with van der Waals surface area (Å²) in [5, 5.41) is 11.1. The molecule has 3 aromatic carbocycles. The Morgan fingerprint density at radius 3 is 2.53 bits per heavy atom. The molecule has 5 rings (SSSR count). The lowest BCUT2D eigenvalue weighted by Gasteiger charge is -2.29. The number of hydrogen-bond acceptors (Lipinski definition) is 7. The predicted molar refractivity (Wildman–Crippen MR) is 146 cm³/mol. The third kappa shape index (κ3) is 4.78. The number of carbonyl (C=O) groups is 1. The molecular weight excluding hydrogens is 482 g/mol. The van der Waals surface area contributed by atoms with Crippen LogP contribution in [0.2, 0.25) is 0 Å². The van der Waals surface area contributed by atoms with E-state index in [0.717, 1.165) is 16.9 Å². The molecule has 0 aliphatic carbocycles. The Bertz CT molecular complexity index is 1490. The van der Waals surface area contributed by atoms with Crippen LogP contribution in [0.1, 0.15) is 25.5 Å². The summed E-state index contributed by atoms with van der Waals surface area (Å²) in [6.07, 6.45) is 0. The molecule has 9 nitrogen and oxygen atoms in total. The minimum Gasteiger partial charge on any atom is -0.497 e. The number of benzene rings is 3. The largest absolute Gasteiger partial charge is 0.497 e. The average Bonchev–Trinajstić information content (AvgIpc) is 3.37. The van der Waals surface area contributed by atoms with Crippen LogP contribution in [0.25, 0.3) is 11.4 Å². The van der Waals surface area contributed by atoms with E-state index in [0.29, 0.717) is 46.8 Å². The summed E-state index contributed by atoms with van der Waals surface area (Å²) in [7, 11) is 3.19. The fourth-order valence-corrected chi connectivity index (χ4v) is 4.49. The molecule has 1 aliphatic heterocycles. The third-order valence-electron chi connectivity index (χ3n) is 6.29. The van der Waals surface area contributed by atoms with Gasteiger partial charge in [-0.25, -0.2) is 4.68 Å². The number of nitrogens with zero attached hydrogens (tertiary/aromatic N) is 3. The number of carbonyl (C=O) groups excluding carboxylic acids is 1. The molecule has 1 aromatic heterocycles. The van der Waals surface area contributed by atoms with E-state index in [1.54, 1.807) is 31.0 Å². The molecule has 1 atom stereocenters. The second kappa shape index (κ2) is 10.7. The minimum absolute atomic E-state index is 0.275. The van der Waals surface area contributed by atoms with Crippen molar-refractivity contribution in [2.45, 2.75) is 19.9 Å². The zero-order chi connectivity index (χ0) is 26.6. The molecule has 38 heavy (non-hydrogen) atoms. The van der Waals surface area contributed by atoms with Gasteiger partial charge in [0.1, 0.15) is 23.3 Å². The summed E-state index contributed by atoms with van der Waals surface area (Å²) in [6, 6.07) is 22.0. The van der Waals surface area contributed by atoms with E-state index >= 15 is 0 Å². The van der Waals surface area contributed by atoms with Gasteiger partial charge in [-0.05, 0) is 55.8 Å². The van der Waals surface area contributed by atoms with Crippen molar-refractivity contribution in [1.29, 1.82) is 0 Å². The van der Waals surface area contributed by atoms with E-state index in [2.05, 4.69) is 10.6 Å². The lowest BCUT2D eigenvalue weighted by Crippen LogP contribution is -2.31. The molecule has 0 radical (unpaired) electrons. The first-order valence-corrected chi connectivity index (χ1v) is 12.3. The summed E-state index contributed by atoms with van der Waals surface area (Å²) < 4.78 is 18.2. The standard InChI is InChI=1S/C29H29N5O4/c1-5-38-21-15-13-19(14-16-21)26-25(28(35)31-23-11-6-7-12-24(23)37-4)18(2)30-29-32-27(33-34(26)29)20-9-8-10-22(17-20)36-3/h6-17,26H,5H2,1-4H3,(H,31,35)(H,30,32,33).